The number of carbonyl (C=O) groups excluding carboxylic acids is 1. The number of nitrogens with one attached hydrogen (secondary N) is 1. The zero-order valence-corrected chi connectivity index (χ0v) is 17.7. The van der Waals surface area contributed by atoms with Crippen molar-refractivity contribution < 1.29 is 14.5 Å². The molecular weight excluding hydrogens is 462 g/mol. The van der Waals surface area contributed by atoms with E-state index in [0.29, 0.717) is 17.0 Å². The quantitative estimate of drug-likeness (QED) is 0.210. The Kier molecular flexibility index (Phi) is 7.14. The predicted octanol–water partition coefficient (Wildman–Crippen LogP) is 5.48. The summed E-state index contributed by atoms with van der Waals surface area (Å²) in [5, 5.41) is 22.8. The lowest BCUT2D eigenvalue weighted by atomic mass is 10.1. The highest BCUT2D eigenvalue weighted by molar-refractivity contribution is 9.10. The zero-order chi connectivity index (χ0) is 22.2. The topological polar surface area (TPSA) is 105 Å². The molecule has 0 aliphatic heterocycles. The number of hydrogen-bond donors (Lipinski definition) is 1. The van der Waals surface area contributed by atoms with Crippen LogP contribution in [0.3, 0.4) is 0 Å². The van der Waals surface area contributed by atoms with Crippen molar-refractivity contribution in [1.82, 2.24) is 0 Å². The number of benzene rings is 3. The van der Waals surface area contributed by atoms with E-state index in [4.69, 9.17) is 4.74 Å². The van der Waals surface area contributed by atoms with E-state index in [0.717, 1.165) is 10.0 Å². The van der Waals surface area contributed by atoms with Gasteiger partial charge in [-0.2, -0.15) is 5.26 Å². The minimum Gasteiger partial charge on any atom is -0.489 e. The lowest BCUT2D eigenvalue weighted by Crippen LogP contribution is -2.13. The Hall–Kier alpha value is -3.96. The molecule has 0 bridgehead atoms. The maximum Gasteiger partial charge on any atom is 0.269 e. The molecule has 0 saturated heterocycles. The van der Waals surface area contributed by atoms with Crippen LogP contribution in [0, 0.1) is 21.4 Å². The fourth-order valence-corrected chi connectivity index (χ4v) is 2.89. The molecule has 0 aliphatic carbocycles. The smallest absolute Gasteiger partial charge is 0.269 e. The second-order valence-electron chi connectivity index (χ2n) is 6.42. The van der Waals surface area contributed by atoms with Crippen molar-refractivity contribution in [2.24, 2.45) is 0 Å². The van der Waals surface area contributed by atoms with Crippen molar-refractivity contribution in [3.05, 3.63) is 104 Å². The van der Waals surface area contributed by atoms with Gasteiger partial charge in [0.1, 0.15) is 24.0 Å². The molecule has 1 N–H and O–H groups in total. The van der Waals surface area contributed by atoms with Crippen LogP contribution < -0.4 is 10.1 Å². The van der Waals surface area contributed by atoms with Gasteiger partial charge in [-0.1, -0.05) is 28.1 Å². The molecule has 0 radical (unpaired) electrons. The SMILES string of the molecule is N#C/C(=C/c1cccc(OCc2ccc([N+](=O)[O-])cc2)c1)C(=O)Nc1ccc(Br)cc1. The summed E-state index contributed by atoms with van der Waals surface area (Å²) >= 11 is 3.33. The van der Waals surface area contributed by atoms with Crippen LogP contribution in [-0.2, 0) is 11.4 Å². The number of halogens is 1. The predicted molar refractivity (Wildman–Crippen MR) is 120 cm³/mol. The third-order valence-electron chi connectivity index (χ3n) is 4.19. The lowest BCUT2D eigenvalue weighted by molar-refractivity contribution is -0.384. The van der Waals surface area contributed by atoms with Crippen LogP contribution in [0.2, 0.25) is 0 Å². The molecule has 3 rings (SSSR count). The second-order valence-corrected chi connectivity index (χ2v) is 7.33. The maximum atomic E-state index is 12.4. The Morgan fingerprint density at radius 2 is 1.84 bits per heavy atom. The van der Waals surface area contributed by atoms with Crippen LogP contribution >= 0.6 is 15.9 Å². The van der Waals surface area contributed by atoms with Crippen molar-refractivity contribution in [3.8, 4) is 11.8 Å². The number of nitro benzene ring substituents is 1. The fourth-order valence-electron chi connectivity index (χ4n) is 2.62. The largest absolute Gasteiger partial charge is 0.489 e. The first-order valence-corrected chi connectivity index (χ1v) is 9.89. The first kappa shape index (κ1) is 21.7. The maximum absolute atomic E-state index is 12.4. The monoisotopic (exact) mass is 477 g/mol. The van der Waals surface area contributed by atoms with Gasteiger partial charge in [0.15, 0.2) is 0 Å². The van der Waals surface area contributed by atoms with Crippen LogP contribution in [0.1, 0.15) is 11.1 Å². The van der Waals surface area contributed by atoms with Crippen LogP contribution in [0.4, 0.5) is 11.4 Å². The van der Waals surface area contributed by atoms with E-state index >= 15 is 0 Å². The summed E-state index contributed by atoms with van der Waals surface area (Å²) in [6.45, 7) is 0.223. The molecule has 0 saturated carbocycles. The Labute approximate surface area is 186 Å². The van der Waals surface area contributed by atoms with Crippen molar-refractivity contribution >= 4 is 39.3 Å². The average Bonchev–Trinajstić information content (AvgIpc) is 2.78. The molecule has 0 aromatic heterocycles. The van der Waals surface area contributed by atoms with Gasteiger partial charge in [-0.05, 0) is 65.7 Å². The molecule has 154 valence electrons. The standard InChI is InChI=1S/C23H16BrN3O4/c24-19-6-8-20(9-7-19)26-23(28)18(14-25)12-17-2-1-3-22(13-17)31-15-16-4-10-21(11-5-16)27(29)30/h1-13H,15H2,(H,26,28)/b18-12-. The van der Waals surface area contributed by atoms with Gasteiger partial charge in [0, 0.05) is 22.3 Å². The lowest BCUT2D eigenvalue weighted by Gasteiger charge is -2.08. The first-order chi connectivity index (χ1) is 14.9. The zero-order valence-electron chi connectivity index (χ0n) is 16.1. The van der Waals surface area contributed by atoms with Gasteiger partial charge in [0.25, 0.3) is 11.6 Å². The van der Waals surface area contributed by atoms with Crippen molar-refractivity contribution in [2.75, 3.05) is 5.32 Å². The Bertz CT molecular complexity index is 1170. The summed E-state index contributed by atoms with van der Waals surface area (Å²) in [5.74, 6) is 0.0275. The number of nitrogens with zero attached hydrogens (tertiary/aromatic N) is 2. The number of amides is 1. The average molecular weight is 478 g/mol. The molecule has 0 heterocycles. The van der Waals surface area contributed by atoms with Crippen molar-refractivity contribution in [2.45, 2.75) is 6.61 Å². The number of nitriles is 1. The van der Waals surface area contributed by atoms with Gasteiger partial charge in [-0.25, -0.2) is 0 Å². The van der Waals surface area contributed by atoms with Gasteiger partial charge >= 0.3 is 0 Å². The number of anilines is 1. The van der Waals surface area contributed by atoms with E-state index in [1.54, 1.807) is 60.7 Å². The van der Waals surface area contributed by atoms with Crippen molar-refractivity contribution in [3.63, 3.8) is 0 Å². The summed E-state index contributed by atoms with van der Waals surface area (Å²) < 4.78 is 6.61. The fraction of sp³-hybridized carbons (Fsp3) is 0.0435. The minimum atomic E-state index is -0.512. The van der Waals surface area contributed by atoms with Gasteiger partial charge in [-0.3, -0.25) is 14.9 Å². The summed E-state index contributed by atoms with van der Waals surface area (Å²) in [6.07, 6.45) is 1.48. The molecule has 31 heavy (non-hydrogen) atoms. The van der Waals surface area contributed by atoms with Crippen LogP contribution in [0.5, 0.6) is 5.75 Å². The molecular formula is C23H16BrN3O4. The molecule has 1 amide bonds. The normalized spacial score (nSPS) is 10.8. The summed E-state index contributed by atoms with van der Waals surface area (Å²) in [7, 11) is 0. The van der Waals surface area contributed by atoms with E-state index < -0.39 is 10.8 Å². The molecule has 3 aromatic rings. The third-order valence-corrected chi connectivity index (χ3v) is 4.72. The van der Waals surface area contributed by atoms with Crippen LogP contribution in [-0.4, -0.2) is 10.8 Å². The summed E-state index contributed by atoms with van der Waals surface area (Å²) in [6, 6.07) is 22.0. The van der Waals surface area contributed by atoms with Crippen LogP contribution in [0.25, 0.3) is 6.08 Å². The first-order valence-electron chi connectivity index (χ1n) is 9.09. The molecule has 0 atom stereocenters. The molecule has 0 spiro atoms. The third kappa shape index (κ3) is 6.26. The molecule has 7 nitrogen and oxygen atoms in total. The van der Waals surface area contributed by atoms with E-state index in [2.05, 4.69) is 21.2 Å². The molecule has 3 aromatic carbocycles. The van der Waals surface area contributed by atoms with Gasteiger partial charge < -0.3 is 10.1 Å². The van der Waals surface area contributed by atoms with Crippen LogP contribution in [0.15, 0.2) is 82.8 Å². The summed E-state index contributed by atoms with van der Waals surface area (Å²) in [5.41, 5.74) is 1.95. The van der Waals surface area contributed by atoms with E-state index in [-0.39, 0.29) is 17.9 Å². The van der Waals surface area contributed by atoms with Gasteiger partial charge in [0.05, 0.1) is 4.92 Å². The highest BCUT2D eigenvalue weighted by atomic mass is 79.9. The number of carbonyl (C=O) groups is 1. The summed E-state index contributed by atoms with van der Waals surface area (Å²) in [4.78, 5) is 22.7. The number of non-ortho nitro benzene ring substituents is 1. The van der Waals surface area contributed by atoms with Gasteiger partial charge in [-0.15, -0.1) is 0 Å². The Morgan fingerprint density at radius 3 is 2.48 bits per heavy atom. The van der Waals surface area contributed by atoms with Crippen molar-refractivity contribution in [1.29, 1.82) is 5.26 Å². The minimum absolute atomic E-state index is 0.0151. The number of nitro groups is 1. The molecule has 8 heteroatoms. The Balaban J connectivity index is 1.68. The molecule has 0 unspecified atom stereocenters. The highest BCUT2D eigenvalue weighted by Gasteiger charge is 2.10. The second kappa shape index (κ2) is 10.2. The van der Waals surface area contributed by atoms with E-state index in [1.165, 1.54) is 18.2 Å². The molecule has 0 fully saturated rings. The van der Waals surface area contributed by atoms with Gasteiger partial charge in [0.2, 0.25) is 0 Å². The Morgan fingerprint density at radius 1 is 1.13 bits per heavy atom. The molecule has 0 aliphatic rings. The number of rotatable bonds is 7. The highest BCUT2D eigenvalue weighted by Crippen LogP contribution is 2.20. The number of hydrogen-bond acceptors (Lipinski definition) is 5. The van der Waals surface area contributed by atoms with E-state index in [9.17, 15) is 20.2 Å². The number of ether oxygens (including phenoxy) is 1. The van der Waals surface area contributed by atoms with E-state index in [1.807, 2.05) is 6.07 Å².